The Hall–Kier alpha value is -2.94. The number of carbonyl (C=O) groups excluding carboxylic acids is 1. The van der Waals surface area contributed by atoms with E-state index in [4.69, 9.17) is 0 Å². The third-order valence-electron chi connectivity index (χ3n) is 3.62. The van der Waals surface area contributed by atoms with Crippen LogP contribution in [0.25, 0.3) is 0 Å². The number of carbonyl (C=O) groups is 1. The Balaban J connectivity index is 1.77. The lowest BCUT2D eigenvalue weighted by Gasteiger charge is -2.07. The highest BCUT2D eigenvalue weighted by molar-refractivity contribution is 7.89. The summed E-state index contributed by atoms with van der Waals surface area (Å²) in [6.07, 6.45) is 3.03. The van der Waals surface area contributed by atoms with Crippen LogP contribution >= 0.6 is 0 Å². The average molecular weight is 359 g/mol. The van der Waals surface area contributed by atoms with Crippen LogP contribution in [0, 0.1) is 6.92 Å². The summed E-state index contributed by atoms with van der Waals surface area (Å²) >= 11 is 0. The van der Waals surface area contributed by atoms with E-state index in [-0.39, 0.29) is 17.1 Å². The molecule has 1 amide bonds. The third-order valence-corrected chi connectivity index (χ3v) is 5.33. The molecule has 0 radical (unpaired) electrons. The van der Waals surface area contributed by atoms with E-state index >= 15 is 0 Å². The van der Waals surface area contributed by atoms with Gasteiger partial charge in [-0.25, -0.2) is 0 Å². The summed E-state index contributed by atoms with van der Waals surface area (Å²) in [4.78, 5) is 12.3. The number of hydrogen-bond donors (Lipinski definition) is 1. The average Bonchev–Trinajstić information content (AvgIpc) is 3.22. The Labute approximate surface area is 145 Å². The predicted molar refractivity (Wildman–Crippen MR) is 90.4 cm³/mol. The maximum atomic E-state index is 12.6. The smallest absolute Gasteiger partial charge is 0.283 e. The van der Waals surface area contributed by atoms with Crippen LogP contribution in [0.1, 0.15) is 21.7 Å². The molecule has 1 aromatic carbocycles. The summed E-state index contributed by atoms with van der Waals surface area (Å²) in [6.45, 7) is 1.94. The van der Waals surface area contributed by atoms with Crippen molar-refractivity contribution in [1.29, 1.82) is 0 Å². The summed E-state index contributed by atoms with van der Waals surface area (Å²) in [5.41, 5.74) is 1.33. The maximum absolute atomic E-state index is 12.6. The first-order valence-electron chi connectivity index (χ1n) is 7.51. The van der Waals surface area contributed by atoms with Crippen molar-refractivity contribution >= 4 is 15.9 Å². The zero-order chi connectivity index (χ0) is 18.0. The molecule has 1 N–H and O–H groups in total. The number of aryl methyl sites for hydroxylation is 2. The minimum atomic E-state index is -3.84. The number of benzene rings is 1. The standard InChI is InChI=1S/C16H17N5O3S/c1-12-5-3-4-6-15(12)25(23,24)21-10-8-14(19-21)16(22)17-11-13-7-9-20(2)18-13/h3-10H,11H2,1-2H3,(H,17,22). The molecule has 9 heteroatoms. The van der Waals surface area contributed by atoms with Gasteiger partial charge in [-0.15, -0.1) is 0 Å². The molecule has 0 atom stereocenters. The van der Waals surface area contributed by atoms with E-state index in [9.17, 15) is 13.2 Å². The number of hydrogen-bond acceptors (Lipinski definition) is 5. The Bertz CT molecular complexity index is 1020. The number of nitrogens with one attached hydrogen (secondary N) is 1. The second-order valence-electron chi connectivity index (χ2n) is 5.51. The van der Waals surface area contributed by atoms with Crippen LogP contribution in [0.3, 0.4) is 0 Å². The van der Waals surface area contributed by atoms with Crippen molar-refractivity contribution < 1.29 is 13.2 Å². The second-order valence-corrected chi connectivity index (χ2v) is 7.27. The van der Waals surface area contributed by atoms with Crippen molar-refractivity contribution in [3.05, 3.63) is 65.7 Å². The predicted octanol–water partition coefficient (Wildman–Crippen LogP) is 1.09. The summed E-state index contributed by atoms with van der Waals surface area (Å²) in [5, 5.41) is 10.7. The fourth-order valence-corrected chi connectivity index (χ4v) is 3.67. The van der Waals surface area contributed by atoms with Crippen molar-refractivity contribution in [2.45, 2.75) is 18.4 Å². The van der Waals surface area contributed by atoms with Gasteiger partial charge in [-0.2, -0.15) is 22.7 Å². The molecule has 2 heterocycles. The lowest BCUT2D eigenvalue weighted by molar-refractivity contribution is 0.0945. The Kier molecular flexibility index (Phi) is 4.41. The summed E-state index contributed by atoms with van der Waals surface area (Å²) < 4.78 is 27.7. The van der Waals surface area contributed by atoms with E-state index in [0.29, 0.717) is 11.3 Å². The molecule has 0 aliphatic rings. The van der Waals surface area contributed by atoms with Gasteiger partial charge in [0, 0.05) is 19.4 Å². The third kappa shape index (κ3) is 3.45. The van der Waals surface area contributed by atoms with Crippen LogP contribution in [-0.2, 0) is 23.6 Å². The van der Waals surface area contributed by atoms with Gasteiger partial charge in [0.25, 0.3) is 15.9 Å². The van der Waals surface area contributed by atoms with Crippen molar-refractivity contribution in [3.63, 3.8) is 0 Å². The van der Waals surface area contributed by atoms with E-state index in [1.54, 1.807) is 49.1 Å². The van der Waals surface area contributed by atoms with Gasteiger partial charge in [0.15, 0.2) is 5.69 Å². The molecule has 0 aliphatic carbocycles. The molecule has 0 aliphatic heterocycles. The highest BCUT2D eigenvalue weighted by Crippen LogP contribution is 2.17. The monoisotopic (exact) mass is 359 g/mol. The lowest BCUT2D eigenvalue weighted by Crippen LogP contribution is -2.24. The largest absolute Gasteiger partial charge is 0.345 e. The van der Waals surface area contributed by atoms with Crippen LogP contribution in [0.15, 0.2) is 53.7 Å². The normalized spacial score (nSPS) is 11.4. The van der Waals surface area contributed by atoms with Gasteiger partial charge >= 0.3 is 0 Å². The van der Waals surface area contributed by atoms with E-state index in [2.05, 4.69) is 15.5 Å². The van der Waals surface area contributed by atoms with Gasteiger partial charge in [-0.05, 0) is 30.7 Å². The van der Waals surface area contributed by atoms with Gasteiger partial charge in [0.05, 0.1) is 17.1 Å². The number of aromatic nitrogens is 4. The number of amides is 1. The molecule has 0 spiro atoms. The van der Waals surface area contributed by atoms with Crippen LogP contribution in [0.4, 0.5) is 0 Å². The zero-order valence-corrected chi connectivity index (χ0v) is 14.6. The summed E-state index contributed by atoms with van der Waals surface area (Å²) in [6, 6.07) is 9.76. The topological polar surface area (TPSA) is 98.9 Å². The molecule has 2 aromatic heterocycles. The number of rotatable bonds is 5. The highest BCUT2D eigenvalue weighted by atomic mass is 32.2. The second kappa shape index (κ2) is 6.52. The lowest BCUT2D eigenvalue weighted by atomic mass is 10.2. The van der Waals surface area contributed by atoms with Crippen molar-refractivity contribution in [1.82, 2.24) is 24.3 Å². The molecule has 25 heavy (non-hydrogen) atoms. The van der Waals surface area contributed by atoms with Crippen LogP contribution in [0.5, 0.6) is 0 Å². The van der Waals surface area contributed by atoms with Crippen LogP contribution in [0.2, 0.25) is 0 Å². The van der Waals surface area contributed by atoms with Crippen molar-refractivity contribution in [2.75, 3.05) is 0 Å². The SMILES string of the molecule is Cc1ccccc1S(=O)(=O)n1ccc(C(=O)NCc2ccn(C)n2)n1. The quantitative estimate of drug-likeness (QED) is 0.735. The highest BCUT2D eigenvalue weighted by Gasteiger charge is 2.21. The van der Waals surface area contributed by atoms with Crippen molar-refractivity contribution in [2.24, 2.45) is 7.05 Å². The molecule has 3 rings (SSSR count). The molecule has 0 unspecified atom stereocenters. The van der Waals surface area contributed by atoms with Crippen LogP contribution < -0.4 is 5.32 Å². The van der Waals surface area contributed by atoms with Gasteiger partial charge in [0.2, 0.25) is 0 Å². The molecular formula is C16H17N5O3S. The fraction of sp³-hybridized carbons (Fsp3) is 0.188. The molecule has 3 aromatic rings. The van der Waals surface area contributed by atoms with Gasteiger partial charge in [-0.1, -0.05) is 18.2 Å². The molecule has 130 valence electrons. The molecule has 0 bridgehead atoms. The number of nitrogens with zero attached hydrogens (tertiary/aromatic N) is 4. The zero-order valence-electron chi connectivity index (χ0n) is 13.7. The molecule has 0 fully saturated rings. The first kappa shape index (κ1) is 16.9. The Morgan fingerprint density at radius 1 is 1.12 bits per heavy atom. The fourth-order valence-electron chi connectivity index (χ4n) is 2.33. The summed E-state index contributed by atoms with van der Waals surface area (Å²) in [7, 11) is -2.06. The Morgan fingerprint density at radius 2 is 1.88 bits per heavy atom. The first-order valence-corrected chi connectivity index (χ1v) is 8.95. The van der Waals surface area contributed by atoms with Gasteiger partial charge in [-0.3, -0.25) is 9.48 Å². The molecular weight excluding hydrogens is 342 g/mol. The van der Waals surface area contributed by atoms with Crippen molar-refractivity contribution in [3.8, 4) is 0 Å². The molecule has 0 saturated carbocycles. The van der Waals surface area contributed by atoms with E-state index in [0.717, 1.165) is 4.09 Å². The minimum absolute atomic E-state index is 0.0214. The van der Waals surface area contributed by atoms with Gasteiger partial charge in [0.1, 0.15) is 0 Å². The first-order chi connectivity index (χ1) is 11.9. The Morgan fingerprint density at radius 3 is 2.56 bits per heavy atom. The van der Waals surface area contributed by atoms with Gasteiger partial charge < -0.3 is 5.32 Å². The molecule has 8 nitrogen and oxygen atoms in total. The minimum Gasteiger partial charge on any atom is -0.345 e. The van der Waals surface area contributed by atoms with E-state index in [1.165, 1.54) is 18.3 Å². The molecule has 0 saturated heterocycles. The van der Waals surface area contributed by atoms with E-state index in [1.807, 2.05) is 0 Å². The van der Waals surface area contributed by atoms with Crippen LogP contribution in [-0.4, -0.2) is 33.3 Å². The summed E-state index contributed by atoms with van der Waals surface area (Å²) in [5.74, 6) is -0.468. The maximum Gasteiger partial charge on any atom is 0.283 e. The van der Waals surface area contributed by atoms with E-state index < -0.39 is 15.9 Å².